The van der Waals surface area contributed by atoms with Crippen LogP contribution in [0.15, 0.2) is 0 Å². The van der Waals surface area contributed by atoms with Gasteiger partial charge in [0.15, 0.2) is 12.8 Å². The third-order valence-electron chi connectivity index (χ3n) is 6.15. The molecule has 1 aliphatic heterocycles. The minimum absolute atomic E-state index is 0.00902. The number of hydrogen-bond donors (Lipinski definition) is 3. The molecule has 0 aromatic rings. The lowest BCUT2D eigenvalue weighted by Gasteiger charge is -2.27. The molecule has 0 spiro atoms. The number of rotatable bonds is 19. The number of carbonyl (C=O) groups is 1. The first-order valence-electron chi connectivity index (χ1n) is 13.0. The van der Waals surface area contributed by atoms with Crippen LogP contribution in [-0.4, -0.2) is 70.3 Å². The smallest absolute Gasteiger partial charge is 0.369 e. The summed E-state index contributed by atoms with van der Waals surface area (Å²) in [6.07, 6.45) is 18.9. The van der Waals surface area contributed by atoms with Crippen molar-refractivity contribution in [2.24, 2.45) is 0 Å². The van der Waals surface area contributed by atoms with Crippen molar-refractivity contribution in [2.75, 3.05) is 26.2 Å². The van der Waals surface area contributed by atoms with Gasteiger partial charge in [0.1, 0.15) is 0 Å². The van der Waals surface area contributed by atoms with E-state index in [1.807, 2.05) is 18.0 Å². The molecule has 0 saturated heterocycles. The molecule has 3 N–H and O–H groups in total. The highest BCUT2D eigenvalue weighted by molar-refractivity contribution is 5.68. The van der Waals surface area contributed by atoms with Crippen LogP contribution in [0.4, 0.5) is 0 Å². The van der Waals surface area contributed by atoms with Gasteiger partial charge in [-0.1, -0.05) is 89.9 Å². The normalized spacial score (nSPS) is 15.8. The van der Waals surface area contributed by atoms with Crippen LogP contribution >= 0.6 is 0 Å². The van der Waals surface area contributed by atoms with E-state index in [0.717, 1.165) is 12.8 Å². The number of carboxylic acids is 1. The Hall–Kier alpha value is -1.58. The molecule has 6 heteroatoms. The second-order valence-corrected chi connectivity index (χ2v) is 9.15. The topological polar surface area (TPSA) is 75.8 Å². The summed E-state index contributed by atoms with van der Waals surface area (Å²) >= 11 is 0. The third kappa shape index (κ3) is 15.3. The van der Waals surface area contributed by atoms with Crippen LogP contribution in [-0.2, 0) is 4.79 Å². The zero-order chi connectivity index (χ0) is 23.4. The predicted octanol–water partition coefficient (Wildman–Crippen LogP) is 4.21. The van der Waals surface area contributed by atoms with Crippen LogP contribution in [0.1, 0.15) is 104 Å². The number of carboxylic acid groups (broad SMARTS) is 1. The van der Waals surface area contributed by atoms with Crippen molar-refractivity contribution in [3.05, 3.63) is 0 Å². The maximum Gasteiger partial charge on any atom is 0.369 e. The monoisotopic (exact) mass is 450 g/mol. The first kappa shape index (κ1) is 28.5. The van der Waals surface area contributed by atoms with E-state index in [4.69, 9.17) is 5.11 Å². The number of nitrogens with one attached hydrogen (secondary N) is 1. The Bertz CT molecular complexity index is 583. The van der Waals surface area contributed by atoms with Crippen molar-refractivity contribution in [3.8, 4) is 12.0 Å². The predicted molar refractivity (Wildman–Crippen MR) is 132 cm³/mol. The molecular weight excluding hydrogens is 402 g/mol. The molecule has 2 unspecified atom stereocenters. The van der Waals surface area contributed by atoms with Crippen LogP contribution in [0.25, 0.3) is 0 Å². The molecule has 2 atom stereocenters. The van der Waals surface area contributed by atoms with Crippen molar-refractivity contribution < 1.29 is 19.6 Å². The van der Waals surface area contributed by atoms with Gasteiger partial charge in [-0.25, -0.2) is 9.37 Å². The van der Waals surface area contributed by atoms with Crippen LogP contribution < -0.4 is 5.32 Å². The van der Waals surface area contributed by atoms with Gasteiger partial charge in [0.2, 0.25) is 6.54 Å². The van der Waals surface area contributed by atoms with Crippen LogP contribution in [0.2, 0.25) is 0 Å². The molecule has 1 heterocycles. The second kappa shape index (κ2) is 18.9. The van der Waals surface area contributed by atoms with E-state index >= 15 is 0 Å². The lowest BCUT2D eigenvalue weighted by Crippen LogP contribution is -2.46. The molecule has 0 aromatic heterocycles. The average molecular weight is 451 g/mol. The highest BCUT2D eigenvalue weighted by atomic mass is 16.4. The summed E-state index contributed by atoms with van der Waals surface area (Å²) in [4.78, 5) is 12.9. The fourth-order valence-corrected chi connectivity index (χ4v) is 4.05. The average Bonchev–Trinajstić information content (AvgIpc) is 2.74. The van der Waals surface area contributed by atoms with E-state index in [1.54, 1.807) is 4.58 Å². The highest BCUT2D eigenvalue weighted by Crippen LogP contribution is 2.13. The van der Waals surface area contributed by atoms with Crippen molar-refractivity contribution in [3.63, 3.8) is 0 Å². The summed E-state index contributed by atoms with van der Waals surface area (Å²) in [6, 6.07) is 3.15. The maximum absolute atomic E-state index is 10.9. The fourth-order valence-electron chi connectivity index (χ4n) is 4.05. The zero-order valence-electron chi connectivity index (χ0n) is 20.7. The lowest BCUT2D eigenvalue weighted by atomic mass is 10.0. The summed E-state index contributed by atoms with van der Waals surface area (Å²) in [5.74, 6) is 2.24. The van der Waals surface area contributed by atoms with Gasteiger partial charge < -0.3 is 15.1 Å². The van der Waals surface area contributed by atoms with Gasteiger partial charge in [-0.05, 0) is 13.3 Å². The van der Waals surface area contributed by atoms with Gasteiger partial charge in [0, 0.05) is 12.6 Å². The molecule has 1 rings (SSSR count). The minimum Gasteiger partial charge on any atom is -0.477 e. The second-order valence-electron chi connectivity index (χ2n) is 9.15. The highest BCUT2D eigenvalue weighted by Gasteiger charge is 2.17. The van der Waals surface area contributed by atoms with Gasteiger partial charge in [-0.2, -0.15) is 0 Å². The first-order chi connectivity index (χ1) is 15.5. The summed E-state index contributed by atoms with van der Waals surface area (Å²) in [5, 5.41) is 22.7. The quantitative estimate of drug-likeness (QED) is 0.156. The Balaban J connectivity index is 2.04. The standard InChI is InChI=1S/C26H47N3O3/c1-3-4-5-6-7-8-9-10-11-12-13-14-17-25(30)22-27-24(2)29-19-16-15-18-28(20-21-29)23-26(31)32/h18,24-25,27,30H,3-15,17,20-23H2,1-2H3/p+1. The molecular formula is C26H48N3O3+. The number of aliphatic carboxylic acids is 1. The molecule has 0 aliphatic carbocycles. The summed E-state index contributed by atoms with van der Waals surface area (Å²) in [7, 11) is 0. The number of hydrogen-bond acceptors (Lipinski definition) is 4. The lowest BCUT2D eigenvalue weighted by molar-refractivity contribution is -0.514. The van der Waals surface area contributed by atoms with Crippen molar-refractivity contribution in [2.45, 2.75) is 116 Å². The molecule has 0 radical (unpaired) electrons. The van der Waals surface area contributed by atoms with E-state index in [-0.39, 0.29) is 18.8 Å². The summed E-state index contributed by atoms with van der Waals surface area (Å²) in [5.41, 5.74) is 0. The van der Waals surface area contributed by atoms with Crippen LogP contribution in [0.5, 0.6) is 0 Å². The van der Waals surface area contributed by atoms with E-state index < -0.39 is 5.97 Å². The Morgan fingerprint density at radius 3 is 2.25 bits per heavy atom. The zero-order valence-corrected chi connectivity index (χ0v) is 20.7. The molecule has 0 amide bonds. The number of nitrogens with zero attached hydrogens (tertiary/aromatic N) is 2. The van der Waals surface area contributed by atoms with Gasteiger partial charge in [-0.3, -0.25) is 5.32 Å². The molecule has 32 heavy (non-hydrogen) atoms. The Morgan fingerprint density at radius 1 is 1.06 bits per heavy atom. The van der Waals surface area contributed by atoms with Gasteiger partial charge >= 0.3 is 5.97 Å². The molecule has 0 aromatic carbocycles. The molecule has 184 valence electrons. The Kier molecular flexibility index (Phi) is 16.8. The Morgan fingerprint density at radius 2 is 1.66 bits per heavy atom. The van der Waals surface area contributed by atoms with Crippen LogP contribution in [0, 0.1) is 12.0 Å². The van der Waals surface area contributed by atoms with Gasteiger partial charge in [0.05, 0.1) is 25.2 Å². The van der Waals surface area contributed by atoms with E-state index in [1.165, 1.54) is 70.6 Å². The Labute approximate surface area is 196 Å². The fraction of sp³-hybridized carbons (Fsp3) is 0.846. The molecule has 6 nitrogen and oxygen atoms in total. The summed E-state index contributed by atoms with van der Waals surface area (Å²) in [6.45, 7) is 6.17. The van der Waals surface area contributed by atoms with E-state index in [0.29, 0.717) is 26.1 Å². The number of aliphatic hydroxyl groups excluding tert-OH is 1. The van der Waals surface area contributed by atoms with Crippen molar-refractivity contribution in [1.29, 1.82) is 0 Å². The number of aliphatic hydroxyl groups is 1. The van der Waals surface area contributed by atoms with E-state index in [2.05, 4.69) is 24.2 Å². The SMILES string of the molecule is CCCCCCCCCCCCCCC(O)CNC(C)N1C#CCC=[N+](CC(=O)O)CC1. The first-order valence-corrected chi connectivity index (χ1v) is 13.0. The maximum atomic E-state index is 10.9. The van der Waals surface area contributed by atoms with Crippen molar-refractivity contribution in [1.82, 2.24) is 10.2 Å². The van der Waals surface area contributed by atoms with Crippen LogP contribution in [0.3, 0.4) is 0 Å². The molecule has 0 fully saturated rings. The van der Waals surface area contributed by atoms with Gasteiger partial charge in [-0.15, -0.1) is 0 Å². The third-order valence-corrected chi connectivity index (χ3v) is 6.15. The molecule has 1 aliphatic rings. The number of unbranched alkanes of at least 4 members (excludes halogenated alkanes) is 11. The minimum atomic E-state index is -0.826. The van der Waals surface area contributed by atoms with Gasteiger partial charge in [0.25, 0.3) is 0 Å². The summed E-state index contributed by atoms with van der Waals surface area (Å²) < 4.78 is 1.80. The molecule has 0 bridgehead atoms. The molecule has 0 saturated carbocycles. The largest absolute Gasteiger partial charge is 0.477 e. The van der Waals surface area contributed by atoms with E-state index in [9.17, 15) is 9.90 Å². The van der Waals surface area contributed by atoms with Crippen molar-refractivity contribution >= 4 is 12.2 Å².